The van der Waals surface area contributed by atoms with Crippen molar-refractivity contribution in [3.8, 4) is 5.75 Å². The molecular formula is C24H32N8O4S. The number of aromatic nitrogens is 1. The molecule has 198 valence electrons. The van der Waals surface area contributed by atoms with Gasteiger partial charge in [-0.2, -0.15) is 17.0 Å². The molecule has 0 saturated carbocycles. The van der Waals surface area contributed by atoms with Crippen LogP contribution < -0.4 is 15.6 Å². The largest absolute Gasteiger partial charge is 0.496 e. The fourth-order valence-corrected chi connectivity index (χ4v) is 6.58. The van der Waals surface area contributed by atoms with Gasteiger partial charge in [-0.25, -0.2) is 10.5 Å². The van der Waals surface area contributed by atoms with Gasteiger partial charge in [0.05, 0.1) is 12.7 Å². The lowest BCUT2D eigenvalue weighted by Gasteiger charge is -2.29. The van der Waals surface area contributed by atoms with Crippen LogP contribution in [0.2, 0.25) is 0 Å². The van der Waals surface area contributed by atoms with Crippen LogP contribution in [0.15, 0.2) is 35.4 Å². The zero-order chi connectivity index (χ0) is 26.3. The van der Waals surface area contributed by atoms with E-state index in [4.69, 9.17) is 4.74 Å². The van der Waals surface area contributed by atoms with Gasteiger partial charge in [0, 0.05) is 39.3 Å². The minimum atomic E-state index is -3.54. The molecule has 0 spiro atoms. The first-order valence-corrected chi connectivity index (χ1v) is 13.7. The Morgan fingerprint density at radius 2 is 1.81 bits per heavy atom. The Labute approximate surface area is 217 Å². The summed E-state index contributed by atoms with van der Waals surface area (Å²) in [6.45, 7) is 5.66. The van der Waals surface area contributed by atoms with Crippen LogP contribution in [0.5, 0.6) is 5.75 Å². The highest BCUT2D eigenvalue weighted by molar-refractivity contribution is 7.86. The Bertz CT molecular complexity index is 1340. The van der Waals surface area contributed by atoms with Gasteiger partial charge in [-0.3, -0.25) is 9.80 Å². The van der Waals surface area contributed by atoms with Crippen LogP contribution in [-0.4, -0.2) is 77.2 Å². The minimum Gasteiger partial charge on any atom is -0.496 e. The smallest absolute Gasteiger partial charge is 0.282 e. The quantitative estimate of drug-likeness (QED) is 0.557. The maximum absolute atomic E-state index is 13.3. The molecule has 5 rings (SSSR count). The highest BCUT2D eigenvalue weighted by Gasteiger charge is 2.36. The summed E-state index contributed by atoms with van der Waals surface area (Å²) >= 11 is 0. The number of hydrogen-bond donors (Lipinski definition) is 2. The summed E-state index contributed by atoms with van der Waals surface area (Å²) in [4.78, 5) is 17.9. The van der Waals surface area contributed by atoms with E-state index in [1.165, 1.54) is 15.7 Å². The molecule has 1 amide bonds. The minimum absolute atomic E-state index is 0.142. The maximum atomic E-state index is 13.3. The Balaban J connectivity index is 1.36. The number of methoxy groups -OCH3 is 1. The number of pyridine rings is 1. The van der Waals surface area contributed by atoms with E-state index in [1.54, 1.807) is 29.4 Å². The first kappa shape index (κ1) is 25.4. The van der Waals surface area contributed by atoms with Crippen molar-refractivity contribution in [3.63, 3.8) is 0 Å². The number of fused-ring (bicyclic) bond motifs is 1. The normalized spacial score (nSPS) is 18.7. The van der Waals surface area contributed by atoms with Gasteiger partial charge in [0.15, 0.2) is 5.84 Å². The van der Waals surface area contributed by atoms with Gasteiger partial charge in [0.1, 0.15) is 17.3 Å². The standard InChI is InChI=1S/C24H32N8O4S/c1-16(2)32-23(27-28-29(32)3)20-8-7-9-22(25-20)26-24(33)19-12-17-14-31(15-18(17)13-21(19)36-4)37(34,35)30-10-5-6-11-30/h7-9,12-13,16,28H,5-6,10-11,14-15H2,1-4H3,(H,25,26,33). The molecule has 12 nitrogen and oxygen atoms in total. The van der Waals surface area contributed by atoms with Gasteiger partial charge >= 0.3 is 0 Å². The molecule has 0 unspecified atom stereocenters. The van der Waals surface area contributed by atoms with E-state index in [0.29, 0.717) is 41.7 Å². The van der Waals surface area contributed by atoms with Gasteiger partial charge in [0.25, 0.3) is 16.1 Å². The molecule has 3 aliphatic rings. The topological polar surface area (TPSA) is 123 Å². The average molecular weight is 529 g/mol. The van der Waals surface area contributed by atoms with E-state index in [9.17, 15) is 13.2 Å². The zero-order valence-corrected chi connectivity index (χ0v) is 22.2. The molecular weight excluding hydrogens is 496 g/mol. The number of hydrazine groups is 2. The second kappa shape index (κ2) is 9.89. The third kappa shape index (κ3) is 4.75. The number of hydrogen-bond acceptors (Lipinski definition) is 9. The molecule has 2 N–H and O–H groups in total. The number of nitrogens with one attached hydrogen (secondary N) is 2. The molecule has 0 radical (unpaired) electrons. The van der Waals surface area contributed by atoms with E-state index in [2.05, 4.69) is 20.9 Å². The molecule has 1 saturated heterocycles. The van der Waals surface area contributed by atoms with Crippen molar-refractivity contribution in [3.05, 3.63) is 52.7 Å². The summed E-state index contributed by atoms with van der Waals surface area (Å²) in [6.07, 6.45) is 1.76. The van der Waals surface area contributed by atoms with E-state index in [-0.39, 0.29) is 19.1 Å². The molecule has 0 bridgehead atoms. The van der Waals surface area contributed by atoms with Gasteiger partial charge in [0.2, 0.25) is 0 Å². The second-order valence-electron chi connectivity index (χ2n) is 9.56. The maximum Gasteiger partial charge on any atom is 0.282 e. The molecule has 1 aromatic heterocycles. The van der Waals surface area contributed by atoms with Crippen molar-refractivity contribution in [2.75, 3.05) is 32.6 Å². The summed E-state index contributed by atoms with van der Waals surface area (Å²) < 4.78 is 34.6. The number of amides is 1. The molecule has 1 aromatic carbocycles. The summed E-state index contributed by atoms with van der Waals surface area (Å²) in [7, 11) is -0.189. The summed E-state index contributed by atoms with van der Waals surface area (Å²) in [5.41, 5.74) is 5.45. The predicted molar refractivity (Wildman–Crippen MR) is 139 cm³/mol. The van der Waals surface area contributed by atoms with E-state index in [0.717, 1.165) is 24.0 Å². The zero-order valence-electron chi connectivity index (χ0n) is 21.4. The van der Waals surface area contributed by atoms with Crippen molar-refractivity contribution in [2.24, 2.45) is 5.10 Å². The number of carbonyl (C=O) groups excluding carboxylic acids is 1. The lowest BCUT2D eigenvalue weighted by Crippen LogP contribution is -2.47. The Morgan fingerprint density at radius 3 is 2.49 bits per heavy atom. The monoisotopic (exact) mass is 528 g/mol. The second-order valence-corrected chi connectivity index (χ2v) is 11.5. The highest BCUT2D eigenvalue weighted by atomic mass is 32.2. The van der Waals surface area contributed by atoms with Crippen LogP contribution in [0, 0.1) is 0 Å². The Hall–Kier alpha value is -3.26. The number of ether oxygens (including phenoxy) is 1. The lowest BCUT2D eigenvalue weighted by atomic mass is 10.0. The van der Waals surface area contributed by atoms with Gasteiger partial charge < -0.3 is 10.1 Å². The number of hydrazone groups is 1. The van der Waals surface area contributed by atoms with Crippen molar-refractivity contribution < 1.29 is 17.9 Å². The fourth-order valence-electron chi connectivity index (χ4n) is 4.93. The molecule has 0 atom stereocenters. The molecule has 1 fully saturated rings. The Morgan fingerprint density at radius 1 is 1.11 bits per heavy atom. The van der Waals surface area contributed by atoms with Gasteiger partial charge in [-0.1, -0.05) is 6.07 Å². The SMILES string of the molecule is COc1cc2c(cc1C(=O)Nc1cccc(C3=NNN(C)N3C(C)C)n1)CN(S(=O)(=O)N1CCCC1)C2. The lowest BCUT2D eigenvalue weighted by molar-refractivity contribution is 0.0227. The highest BCUT2D eigenvalue weighted by Crippen LogP contribution is 2.33. The van der Waals surface area contributed by atoms with Crippen LogP contribution in [0.3, 0.4) is 0 Å². The number of rotatable bonds is 7. The van der Waals surface area contributed by atoms with Crippen molar-refractivity contribution >= 4 is 27.8 Å². The van der Waals surface area contributed by atoms with E-state index < -0.39 is 16.1 Å². The third-order valence-corrected chi connectivity index (χ3v) is 8.66. The molecule has 13 heteroatoms. The van der Waals surface area contributed by atoms with Crippen LogP contribution in [0.25, 0.3) is 0 Å². The number of benzene rings is 1. The number of anilines is 1. The van der Waals surface area contributed by atoms with Crippen molar-refractivity contribution in [1.82, 2.24) is 29.3 Å². The summed E-state index contributed by atoms with van der Waals surface area (Å²) in [6, 6.07) is 8.95. The van der Waals surface area contributed by atoms with Crippen LogP contribution >= 0.6 is 0 Å². The molecule has 0 aliphatic carbocycles. The summed E-state index contributed by atoms with van der Waals surface area (Å²) in [5, 5.41) is 10.9. The van der Waals surface area contributed by atoms with E-state index >= 15 is 0 Å². The van der Waals surface area contributed by atoms with Crippen LogP contribution in [0.1, 0.15) is 53.9 Å². The molecule has 37 heavy (non-hydrogen) atoms. The van der Waals surface area contributed by atoms with Gasteiger partial charge in [-0.05, 0) is 62.1 Å². The fraction of sp³-hybridized carbons (Fsp3) is 0.458. The molecule has 2 aromatic rings. The number of amidine groups is 1. The Kier molecular flexibility index (Phi) is 6.79. The van der Waals surface area contributed by atoms with Crippen LogP contribution in [-0.2, 0) is 23.3 Å². The first-order valence-electron chi connectivity index (χ1n) is 12.3. The molecule has 4 heterocycles. The van der Waals surface area contributed by atoms with Crippen LogP contribution in [0.4, 0.5) is 5.82 Å². The van der Waals surface area contributed by atoms with Crippen molar-refractivity contribution in [2.45, 2.75) is 45.8 Å². The van der Waals surface area contributed by atoms with Gasteiger partial charge in [-0.15, -0.1) is 10.2 Å². The average Bonchev–Trinajstić information content (AvgIpc) is 3.62. The third-order valence-electron chi connectivity index (χ3n) is 6.73. The van der Waals surface area contributed by atoms with E-state index in [1.807, 2.05) is 32.0 Å². The predicted octanol–water partition coefficient (Wildman–Crippen LogP) is 1.74. The number of nitrogens with zero attached hydrogens (tertiary/aromatic N) is 6. The summed E-state index contributed by atoms with van der Waals surface area (Å²) in [5.74, 6) is 0.992. The van der Waals surface area contributed by atoms with Crippen molar-refractivity contribution in [1.29, 1.82) is 0 Å². The molecule has 3 aliphatic heterocycles. The first-order chi connectivity index (χ1) is 17.7. The number of carbonyl (C=O) groups is 1.